The number of nitrogens with zero attached hydrogens (tertiary/aromatic N) is 3. The molecule has 0 aliphatic heterocycles. The highest BCUT2D eigenvalue weighted by Gasteiger charge is 2.19. The Balaban J connectivity index is 2.19. The Kier molecular flexibility index (Phi) is 4.43. The number of nitrogens with one attached hydrogen (secondary N) is 1. The second-order valence-corrected chi connectivity index (χ2v) is 9.77. The van der Waals surface area contributed by atoms with Gasteiger partial charge < -0.3 is 4.57 Å². The molecule has 0 aliphatic carbocycles. The van der Waals surface area contributed by atoms with Gasteiger partial charge in [-0.05, 0) is 44.9 Å². The van der Waals surface area contributed by atoms with Crippen molar-refractivity contribution in [2.45, 2.75) is 13.8 Å². The van der Waals surface area contributed by atoms with Crippen LogP contribution in [0.1, 0.15) is 16.8 Å². The molecule has 1 N–H and O–H groups in total. The zero-order chi connectivity index (χ0) is 19.1. The van der Waals surface area contributed by atoms with E-state index in [1.807, 2.05) is 6.92 Å². The third-order valence-corrected chi connectivity index (χ3v) is 5.89. The van der Waals surface area contributed by atoms with Gasteiger partial charge in [0.25, 0.3) is 5.56 Å². The maximum absolute atomic E-state index is 13.0. The molecule has 1 aromatic carbocycles. The first-order valence-corrected chi connectivity index (χ1v) is 10.7. The molecule has 2 aromatic heterocycles. The lowest BCUT2D eigenvalue weighted by Crippen LogP contribution is -2.19. The van der Waals surface area contributed by atoms with Gasteiger partial charge in [0, 0.05) is 22.8 Å². The number of rotatable bonds is 3. The predicted octanol–water partition coefficient (Wildman–Crippen LogP) is 2.96. The number of aryl methyl sites for hydroxylation is 2. The van der Waals surface area contributed by atoms with Crippen molar-refractivity contribution in [1.82, 2.24) is 14.8 Å². The van der Waals surface area contributed by atoms with Crippen molar-refractivity contribution in [1.29, 1.82) is 5.26 Å². The van der Waals surface area contributed by atoms with Gasteiger partial charge in [0.15, 0.2) is 5.82 Å². The molecule has 2 heterocycles. The maximum atomic E-state index is 13.0. The van der Waals surface area contributed by atoms with Crippen LogP contribution in [-0.2, 0) is 4.57 Å². The first-order chi connectivity index (χ1) is 12.2. The first kappa shape index (κ1) is 17.9. The van der Waals surface area contributed by atoms with Crippen molar-refractivity contribution in [2.75, 3.05) is 13.3 Å². The normalized spacial score (nSPS) is 11.3. The lowest BCUT2D eigenvalue weighted by Gasteiger charge is -2.11. The van der Waals surface area contributed by atoms with Crippen LogP contribution in [0.5, 0.6) is 0 Å². The molecule has 132 valence electrons. The molecule has 7 heteroatoms. The molecule has 3 rings (SSSR count). The minimum Gasteiger partial charge on any atom is -0.319 e. The third-order valence-electron chi connectivity index (χ3n) is 4.27. The summed E-state index contributed by atoms with van der Waals surface area (Å²) in [6.07, 6.45) is 1.57. The molecule has 0 atom stereocenters. The minimum atomic E-state index is -2.44. The number of aromatic nitrogens is 3. The Morgan fingerprint density at radius 2 is 1.92 bits per heavy atom. The van der Waals surface area contributed by atoms with Gasteiger partial charge in [-0.2, -0.15) is 5.26 Å². The van der Waals surface area contributed by atoms with Gasteiger partial charge in [0.05, 0.1) is 17.2 Å². The molecule has 3 aromatic rings. The first-order valence-electron chi connectivity index (χ1n) is 8.07. The number of hydrogen-bond acceptors (Lipinski definition) is 4. The lowest BCUT2D eigenvalue weighted by atomic mass is 10.0. The molecule has 0 bridgehead atoms. The van der Waals surface area contributed by atoms with Crippen molar-refractivity contribution in [2.24, 2.45) is 0 Å². The van der Waals surface area contributed by atoms with Gasteiger partial charge in [-0.25, -0.2) is 9.67 Å². The fourth-order valence-corrected chi connectivity index (χ4v) is 4.29. The van der Waals surface area contributed by atoms with E-state index < -0.39 is 7.14 Å². The second-order valence-electron chi connectivity index (χ2n) is 6.59. The van der Waals surface area contributed by atoms with E-state index in [2.05, 4.69) is 16.2 Å². The highest BCUT2D eigenvalue weighted by molar-refractivity contribution is 7.70. The summed E-state index contributed by atoms with van der Waals surface area (Å²) in [5.74, 6) is 0.425. The smallest absolute Gasteiger partial charge is 0.280 e. The van der Waals surface area contributed by atoms with E-state index in [1.165, 1.54) is 4.68 Å². The zero-order valence-electron chi connectivity index (χ0n) is 15.1. The van der Waals surface area contributed by atoms with Gasteiger partial charge in [0.2, 0.25) is 0 Å². The predicted molar refractivity (Wildman–Crippen MR) is 103 cm³/mol. The zero-order valence-corrected chi connectivity index (χ0v) is 16.0. The minimum absolute atomic E-state index is 0.277. The van der Waals surface area contributed by atoms with Gasteiger partial charge in [-0.15, -0.1) is 0 Å². The summed E-state index contributed by atoms with van der Waals surface area (Å²) >= 11 is 0. The van der Waals surface area contributed by atoms with E-state index in [4.69, 9.17) is 0 Å². The molecule has 0 fully saturated rings. The Morgan fingerprint density at radius 1 is 1.23 bits per heavy atom. The molecule has 0 amide bonds. The van der Waals surface area contributed by atoms with Gasteiger partial charge in [0.1, 0.15) is 7.14 Å². The molecule has 26 heavy (non-hydrogen) atoms. The van der Waals surface area contributed by atoms with Gasteiger partial charge >= 0.3 is 0 Å². The average molecular weight is 366 g/mol. The van der Waals surface area contributed by atoms with E-state index in [9.17, 15) is 14.6 Å². The lowest BCUT2D eigenvalue weighted by molar-refractivity contribution is 0.588. The van der Waals surface area contributed by atoms with Crippen molar-refractivity contribution < 1.29 is 4.57 Å². The second kappa shape index (κ2) is 6.44. The fraction of sp³-hybridized carbons (Fsp3) is 0.211. The maximum Gasteiger partial charge on any atom is 0.280 e. The van der Waals surface area contributed by atoms with Crippen LogP contribution >= 0.6 is 7.14 Å². The van der Waals surface area contributed by atoms with E-state index in [1.54, 1.807) is 56.8 Å². The molecule has 0 saturated heterocycles. The number of nitriles is 1. The summed E-state index contributed by atoms with van der Waals surface area (Å²) in [5, 5.41) is 13.0. The van der Waals surface area contributed by atoms with Crippen molar-refractivity contribution in [3.63, 3.8) is 0 Å². The van der Waals surface area contributed by atoms with E-state index in [0.717, 1.165) is 5.56 Å². The number of H-pyrrole nitrogens is 1. The molecular weight excluding hydrogens is 347 g/mol. The Morgan fingerprint density at radius 3 is 2.54 bits per heavy atom. The van der Waals surface area contributed by atoms with Gasteiger partial charge in [-0.1, -0.05) is 18.2 Å². The molecule has 0 saturated carbocycles. The summed E-state index contributed by atoms with van der Waals surface area (Å²) in [7, 11) is -2.44. The highest BCUT2D eigenvalue weighted by atomic mass is 31.2. The van der Waals surface area contributed by atoms with Crippen LogP contribution in [0, 0.1) is 25.2 Å². The van der Waals surface area contributed by atoms with Crippen LogP contribution in [0.2, 0.25) is 0 Å². The summed E-state index contributed by atoms with van der Waals surface area (Å²) in [4.78, 5) is 17.3. The van der Waals surface area contributed by atoms with Crippen LogP contribution < -0.4 is 10.9 Å². The SMILES string of the molecule is Cc1cc(-n2[nH]c(C)c(-c3ccccc3C#N)c2=O)ncc1P(C)(C)=O. The summed E-state index contributed by atoms with van der Waals surface area (Å²) in [6, 6.07) is 10.9. The van der Waals surface area contributed by atoms with Crippen molar-refractivity contribution in [3.05, 3.63) is 63.7 Å². The van der Waals surface area contributed by atoms with E-state index >= 15 is 0 Å². The van der Waals surface area contributed by atoms with E-state index in [0.29, 0.717) is 33.5 Å². The number of hydrogen-bond donors (Lipinski definition) is 1. The Bertz CT molecular complexity index is 1150. The quantitative estimate of drug-likeness (QED) is 0.722. The van der Waals surface area contributed by atoms with Crippen LogP contribution in [-0.4, -0.2) is 28.1 Å². The summed E-state index contributed by atoms with van der Waals surface area (Å²) in [6.45, 7) is 7.03. The largest absolute Gasteiger partial charge is 0.319 e. The van der Waals surface area contributed by atoms with Crippen molar-refractivity contribution >= 4 is 12.4 Å². The molecule has 6 nitrogen and oxygen atoms in total. The van der Waals surface area contributed by atoms with Crippen molar-refractivity contribution in [3.8, 4) is 23.0 Å². The molecule has 0 radical (unpaired) electrons. The third kappa shape index (κ3) is 3.02. The number of benzene rings is 1. The Hall–Kier alpha value is -2.90. The van der Waals surface area contributed by atoms with Crippen LogP contribution in [0.25, 0.3) is 16.9 Å². The molecule has 0 unspecified atom stereocenters. The Labute approximate surface area is 151 Å². The van der Waals surface area contributed by atoms with Gasteiger partial charge in [-0.3, -0.25) is 9.89 Å². The summed E-state index contributed by atoms with van der Waals surface area (Å²) < 4.78 is 13.7. The molecule has 0 aliphatic rings. The number of aromatic amines is 1. The fourth-order valence-electron chi connectivity index (χ4n) is 3.04. The topological polar surface area (TPSA) is 91.5 Å². The number of pyridine rings is 1. The monoisotopic (exact) mass is 366 g/mol. The van der Waals surface area contributed by atoms with Crippen LogP contribution in [0.15, 0.2) is 41.3 Å². The average Bonchev–Trinajstić information content (AvgIpc) is 2.88. The van der Waals surface area contributed by atoms with Crippen LogP contribution in [0.4, 0.5) is 0 Å². The van der Waals surface area contributed by atoms with E-state index in [-0.39, 0.29) is 5.56 Å². The molecular formula is C19H19N4O2P. The highest BCUT2D eigenvalue weighted by Crippen LogP contribution is 2.35. The molecule has 0 spiro atoms. The summed E-state index contributed by atoms with van der Waals surface area (Å²) in [5.41, 5.74) is 2.67. The standard InChI is InChI=1S/C19H19N4O2P/c1-12-9-17(21-11-16(12)26(3,4)25)23-19(24)18(13(2)22-23)15-8-6-5-7-14(15)10-20/h5-9,11,22H,1-4H3. The van der Waals surface area contributed by atoms with Crippen LogP contribution in [0.3, 0.4) is 0 Å².